The summed E-state index contributed by atoms with van der Waals surface area (Å²) in [7, 11) is 0. The molecule has 1 aliphatic heterocycles. The zero-order chi connectivity index (χ0) is 12.7. The minimum absolute atomic E-state index is 0.0358. The number of cyclic esters (lactones) is 1. The number of hydrogen-bond donors (Lipinski definition) is 0. The van der Waals surface area contributed by atoms with E-state index in [2.05, 4.69) is 6.92 Å². The van der Waals surface area contributed by atoms with Gasteiger partial charge in [0.15, 0.2) is 0 Å². The Morgan fingerprint density at radius 1 is 1.47 bits per heavy atom. The fraction of sp³-hybridized carbons (Fsp3) is 0.714. The van der Waals surface area contributed by atoms with Crippen LogP contribution in [0, 0.1) is 23.7 Å². The van der Waals surface area contributed by atoms with Gasteiger partial charge in [0, 0.05) is 11.8 Å². The van der Waals surface area contributed by atoms with Gasteiger partial charge in [-0.05, 0) is 33.1 Å². The van der Waals surface area contributed by atoms with E-state index < -0.39 is 0 Å². The van der Waals surface area contributed by atoms with E-state index >= 15 is 0 Å². The summed E-state index contributed by atoms with van der Waals surface area (Å²) in [5, 5.41) is 0. The van der Waals surface area contributed by atoms with Crippen LogP contribution < -0.4 is 0 Å². The van der Waals surface area contributed by atoms with Crippen LogP contribution in [0.5, 0.6) is 0 Å². The van der Waals surface area contributed by atoms with Gasteiger partial charge < -0.3 is 4.74 Å². The minimum Gasteiger partial charge on any atom is -0.462 e. The number of allylic oxidation sites excluding steroid dienone is 1. The lowest BCUT2D eigenvalue weighted by atomic mass is 9.64. The maximum atomic E-state index is 11.9. The molecule has 1 heterocycles. The second kappa shape index (κ2) is 4.28. The van der Waals surface area contributed by atoms with Crippen molar-refractivity contribution in [2.45, 2.75) is 40.2 Å². The van der Waals surface area contributed by atoms with Crippen LogP contribution in [0.3, 0.4) is 0 Å². The van der Waals surface area contributed by atoms with E-state index in [1.54, 1.807) is 6.92 Å². The van der Waals surface area contributed by atoms with Crippen LogP contribution in [0.2, 0.25) is 0 Å². The molecule has 2 rings (SSSR count). The van der Waals surface area contributed by atoms with Crippen LogP contribution in [0.1, 0.15) is 34.1 Å². The van der Waals surface area contributed by atoms with Crippen molar-refractivity contribution in [1.29, 1.82) is 0 Å². The molecular weight excluding hydrogens is 216 g/mol. The second-order valence-electron chi connectivity index (χ2n) is 5.31. The Morgan fingerprint density at radius 3 is 2.65 bits per heavy atom. The largest absolute Gasteiger partial charge is 0.462 e. The van der Waals surface area contributed by atoms with Gasteiger partial charge in [0.05, 0.1) is 5.92 Å². The van der Waals surface area contributed by atoms with E-state index in [4.69, 9.17) is 4.74 Å². The number of carbonyl (C=O) groups excluding carboxylic acids is 2. The average molecular weight is 236 g/mol. The third-order valence-corrected chi connectivity index (χ3v) is 4.32. The van der Waals surface area contributed by atoms with Gasteiger partial charge in [0.2, 0.25) is 0 Å². The molecule has 0 bridgehead atoms. The van der Waals surface area contributed by atoms with Gasteiger partial charge in [-0.15, -0.1) is 0 Å². The lowest BCUT2D eigenvalue weighted by Gasteiger charge is -2.36. The summed E-state index contributed by atoms with van der Waals surface area (Å²) in [5.74, 6) is 0.0598. The number of carbonyl (C=O) groups is 2. The number of ether oxygens (including phenoxy) is 1. The van der Waals surface area contributed by atoms with Crippen molar-refractivity contribution in [2.24, 2.45) is 23.7 Å². The monoisotopic (exact) mass is 236 g/mol. The van der Waals surface area contributed by atoms with E-state index in [0.29, 0.717) is 0 Å². The van der Waals surface area contributed by atoms with Crippen molar-refractivity contribution in [3.05, 3.63) is 11.6 Å². The van der Waals surface area contributed by atoms with Crippen LogP contribution in [0.15, 0.2) is 11.6 Å². The van der Waals surface area contributed by atoms with E-state index in [0.717, 1.165) is 6.42 Å². The molecule has 1 saturated heterocycles. The summed E-state index contributed by atoms with van der Waals surface area (Å²) >= 11 is 0. The number of hydrogen-bond acceptors (Lipinski definition) is 3. The standard InChI is InChI=1S/C14H20O3/c1-5-10-7(2)6-11-13(12(10)8(3)15)9(4)17-14(11)16/h6,9-13H,5H2,1-4H3/t9-,10?,11-,12+,13-/m1/s1. The molecule has 0 aromatic rings. The topological polar surface area (TPSA) is 43.4 Å². The lowest BCUT2D eigenvalue weighted by molar-refractivity contribution is -0.142. The van der Waals surface area contributed by atoms with Gasteiger partial charge in [-0.25, -0.2) is 0 Å². The molecule has 1 fully saturated rings. The smallest absolute Gasteiger partial charge is 0.313 e. The first kappa shape index (κ1) is 12.3. The zero-order valence-corrected chi connectivity index (χ0v) is 10.9. The van der Waals surface area contributed by atoms with E-state index in [9.17, 15) is 9.59 Å². The highest BCUT2D eigenvalue weighted by Gasteiger charge is 2.51. The van der Waals surface area contributed by atoms with Crippen LogP contribution in [0.25, 0.3) is 0 Å². The van der Waals surface area contributed by atoms with Gasteiger partial charge >= 0.3 is 5.97 Å². The normalized spacial score (nSPS) is 40.6. The highest BCUT2D eigenvalue weighted by molar-refractivity contribution is 5.84. The molecule has 0 radical (unpaired) electrons. The minimum atomic E-state index is -0.207. The Hall–Kier alpha value is -1.12. The molecule has 2 aliphatic rings. The molecule has 3 nitrogen and oxygen atoms in total. The number of esters is 1. The molecule has 94 valence electrons. The summed E-state index contributed by atoms with van der Waals surface area (Å²) in [5.41, 5.74) is 1.17. The maximum absolute atomic E-state index is 11.9. The van der Waals surface area contributed by atoms with Gasteiger partial charge in [-0.2, -0.15) is 0 Å². The molecule has 1 unspecified atom stereocenters. The van der Waals surface area contributed by atoms with Crippen molar-refractivity contribution in [1.82, 2.24) is 0 Å². The molecule has 5 atom stereocenters. The molecular formula is C14H20O3. The van der Waals surface area contributed by atoms with Crippen molar-refractivity contribution in [3.8, 4) is 0 Å². The molecule has 0 aromatic carbocycles. The lowest BCUT2D eigenvalue weighted by Crippen LogP contribution is -2.40. The first-order chi connectivity index (χ1) is 7.97. The van der Waals surface area contributed by atoms with Gasteiger partial charge in [-0.1, -0.05) is 18.6 Å². The van der Waals surface area contributed by atoms with E-state index in [1.807, 2.05) is 19.9 Å². The number of Topliss-reactive ketones (excluding diaryl/α,β-unsaturated/α-hetero) is 1. The first-order valence-electron chi connectivity index (χ1n) is 6.36. The Bertz CT molecular complexity index is 383. The average Bonchev–Trinajstić information content (AvgIpc) is 2.52. The molecule has 17 heavy (non-hydrogen) atoms. The molecule has 3 heteroatoms. The summed E-state index contributed by atoms with van der Waals surface area (Å²) in [4.78, 5) is 23.7. The molecule has 0 N–H and O–H groups in total. The third-order valence-electron chi connectivity index (χ3n) is 4.32. The van der Waals surface area contributed by atoms with Crippen LogP contribution in [-0.2, 0) is 14.3 Å². The Labute approximate surface area is 102 Å². The second-order valence-corrected chi connectivity index (χ2v) is 5.31. The third kappa shape index (κ3) is 1.81. The maximum Gasteiger partial charge on any atom is 0.313 e. The van der Waals surface area contributed by atoms with Crippen LogP contribution in [0.4, 0.5) is 0 Å². The Kier molecular flexibility index (Phi) is 3.11. The van der Waals surface area contributed by atoms with Gasteiger partial charge in [0.1, 0.15) is 11.9 Å². The molecule has 0 spiro atoms. The quantitative estimate of drug-likeness (QED) is 0.546. The molecule has 0 saturated carbocycles. The predicted octanol–water partition coefficient (Wildman–Crippen LogP) is 2.36. The molecule has 0 aromatic heterocycles. The van der Waals surface area contributed by atoms with E-state index in [-0.39, 0.29) is 41.5 Å². The van der Waals surface area contributed by atoms with Crippen molar-refractivity contribution in [2.75, 3.05) is 0 Å². The summed E-state index contributed by atoms with van der Waals surface area (Å²) in [6.45, 7) is 7.66. The highest BCUT2D eigenvalue weighted by atomic mass is 16.6. The molecule has 0 amide bonds. The SMILES string of the molecule is CCC1C(C)=C[C@H]2C(=O)O[C@H](C)[C@H]2[C@H]1C(C)=O. The van der Waals surface area contributed by atoms with Crippen LogP contribution >= 0.6 is 0 Å². The Morgan fingerprint density at radius 2 is 2.12 bits per heavy atom. The highest BCUT2D eigenvalue weighted by Crippen LogP contribution is 2.46. The van der Waals surface area contributed by atoms with Gasteiger partial charge in [-0.3, -0.25) is 9.59 Å². The fourth-order valence-corrected chi connectivity index (χ4v) is 3.57. The number of rotatable bonds is 2. The van der Waals surface area contributed by atoms with Crippen LogP contribution in [-0.4, -0.2) is 17.9 Å². The fourth-order valence-electron chi connectivity index (χ4n) is 3.57. The van der Waals surface area contributed by atoms with E-state index in [1.165, 1.54) is 5.57 Å². The Balaban J connectivity index is 2.44. The van der Waals surface area contributed by atoms with Gasteiger partial charge in [0.25, 0.3) is 0 Å². The number of ketones is 1. The summed E-state index contributed by atoms with van der Waals surface area (Å²) in [6, 6.07) is 0. The van der Waals surface area contributed by atoms with Crippen molar-refractivity contribution < 1.29 is 14.3 Å². The van der Waals surface area contributed by atoms with Crippen molar-refractivity contribution in [3.63, 3.8) is 0 Å². The van der Waals surface area contributed by atoms with Crippen molar-refractivity contribution >= 4 is 11.8 Å². The summed E-state index contributed by atoms with van der Waals surface area (Å²) < 4.78 is 5.29. The summed E-state index contributed by atoms with van der Waals surface area (Å²) in [6.07, 6.45) is 2.82. The molecule has 1 aliphatic carbocycles. The predicted molar refractivity (Wildman–Crippen MR) is 64.2 cm³/mol. The first-order valence-corrected chi connectivity index (χ1v) is 6.36. The number of fused-ring (bicyclic) bond motifs is 1. The zero-order valence-electron chi connectivity index (χ0n) is 10.9.